The minimum atomic E-state index is -3.63. The lowest BCUT2D eigenvalue weighted by atomic mass is 9.84. The molecule has 0 spiro atoms. The summed E-state index contributed by atoms with van der Waals surface area (Å²) in [5, 5.41) is 6.78. The van der Waals surface area contributed by atoms with Crippen LogP contribution in [0.4, 0.5) is 0 Å². The molecule has 1 aliphatic carbocycles. The van der Waals surface area contributed by atoms with Gasteiger partial charge in [0.1, 0.15) is 10.5 Å². The van der Waals surface area contributed by atoms with Gasteiger partial charge in [-0.15, -0.1) is 11.6 Å². The van der Waals surface area contributed by atoms with Crippen LogP contribution in [0.25, 0.3) is 0 Å². The summed E-state index contributed by atoms with van der Waals surface area (Å²) >= 11 is 5.91. The fourth-order valence-electron chi connectivity index (χ4n) is 2.66. The first-order chi connectivity index (χ1) is 9.45. The zero-order chi connectivity index (χ0) is 15.2. The van der Waals surface area contributed by atoms with Crippen molar-refractivity contribution in [3.05, 3.63) is 0 Å². The lowest BCUT2D eigenvalue weighted by molar-refractivity contribution is -0.124. The Bertz CT molecular complexity index is 427. The van der Waals surface area contributed by atoms with Crippen LogP contribution in [0.1, 0.15) is 46.0 Å². The molecule has 114 valence electrons. The van der Waals surface area contributed by atoms with E-state index in [0.717, 1.165) is 12.8 Å². The molecule has 0 bridgehead atoms. The van der Waals surface area contributed by atoms with Gasteiger partial charge in [0.2, 0.25) is 0 Å². The van der Waals surface area contributed by atoms with Crippen LogP contribution in [0.2, 0.25) is 0 Å². The minimum Gasteiger partial charge on any atom is -0.308 e. The minimum absolute atomic E-state index is 0.0150. The lowest BCUT2D eigenvalue weighted by Crippen LogP contribution is -2.44. The molecule has 0 saturated heterocycles. The molecule has 0 aliphatic heterocycles. The van der Waals surface area contributed by atoms with Gasteiger partial charge >= 0.3 is 7.60 Å². The van der Waals surface area contributed by atoms with Crippen molar-refractivity contribution in [2.75, 3.05) is 13.2 Å². The van der Waals surface area contributed by atoms with E-state index in [1.54, 1.807) is 13.8 Å². The molecule has 1 fully saturated rings. The zero-order valence-corrected chi connectivity index (χ0v) is 13.6. The Morgan fingerprint density at radius 1 is 1.40 bits per heavy atom. The van der Waals surface area contributed by atoms with E-state index in [4.69, 9.17) is 25.9 Å². The molecule has 7 heteroatoms. The highest BCUT2D eigenvalue weighted by atomic mass is 35.5. The van der Waals surface area contributed by atoms with Crippen molar-refractivity contribution in [2.45, 2.75) is 56.5 Å². The van der Waals surface area contributed by atoms with E-state index >= 15 is 0 Å². The van der Waals surface area contributed by atoms with Crippen molar-refractivity contribution in [2.24, 2.45) is 0 Å². The quantitative estimate of drug-likeness (QED) is 0.528. The number of carbonyl (C=O) groups is 1. The van der Waals surface area contributed by atoms with Gasteiger partial charge in [0, 0.05) is 12.8 Å². The summed E-state index contributed by atoms with van der Waals surface area (Å²) in [7, 11) is -3.63. The highest BCUT2D eigenvalue weighted by Crippen LogP contribution is 2.65. The molecule has 0 amide bonds. The maximum absolute atomic E-state index is 13.1. The van der Waals surface area contributed by atoms with Gasteiger partial charge in [0.15, 0.2) is 5.78 Å². The molecule has 0 aromatic rings. The van der Waals surface area contributed by atoms with Gasteiger partial charge in [-0.1, -0.05) is 6.42 Å². The fourth-order valence-corrected chi connectivity index (χ4v) is 5.53. The predicted molar refractivity (Wildman–Crippen MR) is 76.9 cm³/mol. The third-order valence-corrected chi connectivity index (χ3v) is 6.69. The zero-order valence-electron chi connectivity index (χ0n) is 11.9. The van der Waals surface area contributed by atoms with E-state index in [9.17, 15) is 9.36 Å². The fraction of sp³-hybridized carbons (Fsp3) is 0.846. The number of nitriles is 1. The second-order valence-corrected chi connectivity index (χ2v) is 7.69. The van der Waals surface area contributed by atoms with Crippen LogP contribution < -0.4 is 0 Å². The maximum Gasteiger partial charge on any atom is 0.344 e. The van der Waals surface area contributed by atoms with Crippen molar-refractivity contribution in [3.63, 3.8) is 0 Å². The number of nitrogens with zero attached hydrogens (tertiary/aromatic N) is 1. The molecular weight excluding hydrogens is 301 g/mol. The molecule has 2 unspecified atom stereocenters. The Morgan fingerprint density at radius 3 is 2.45 bits per heavy atom. The van der Waals surface area contributed by atoms with Crippen LogP contribution >= 0.6 is 19.2 Å². The largest absolute Gasteiger partial charge is 0.344 e. The average molecular weight is 322 g/mol. The summed E-state index contributed by atoms with van der Waals surface area (Å²) in [4.78, 5) is 12.5. The molecule has 0 aromatic carbocycles. The van der Waals surface area contributed by atoms with Gasteiger partial charge in [-0.05, 0) is 26.7 Å². The van der Waals surface area contributed by atoms with E-state index < -0.39 is 18.1 Å². The van der Waals surface area contributed by atoms with E-state index in [1.165, 1.54) is 0 Å². The summed E-state index contributed by atoms with van der Waals surface area (Å²) in [5.41, 5.74) is 0. The predicted octanol–water partition coefficient (Wildman–Crippen LogP) is 3.66. The lowest BCUT2D eigenvalue weighted by Gasteiger charge is -2.40. The number of hydrogen-bond acceptors (Lipinski definition) is 5. The molecule has 1 saturated carbocycles. The third kappa shape index (κ3) is 3.43. The average Bonchev–Trinajstić information content (AvgIpc) is 2.41. The molecular formula is C13H21ClNO4P. The Labute approximate surface area is 125 Å². The molecule has 0 N–H and O–H groups in total. The van der Waals surface area contributed by atoms with Gasteiger partial charge < -0.3 is 9.05 Å². The van der Waals surface area contributed by atoms with Crippen molar-refractivity contribution in [1.82, 2.24) is 0 Å². The van der Waals surface area contributed by atoms with Crippen molar-refractivity contribution < 1.29 is 18.4 Å². The molecule has 20 heavy (non-hydrogen) atoms. The summed E-state index contributed by atoms with van der Waals surface area (Å²) in [6, 6.07) is 1.89. The third-order valence-electron chi connectivity index (χ3n) is 3.54. The summed E-state index contributed by atoms with van der Waals surface area (Å²) in [6.45, 7) is 3.78. The Balaban J connectivity index is 3.23. The number of alkyl halides is 1. The summed E-state index contributed by atoms with van der Waals surface area (Å²) in [6.07, 6.45) is 2.26. The van der Waals surface area contributed by atoms with Crippen LogP contribution in [0, 0.1) is 11.3 Å². The second kappa shape index (κ2) is 7.56. The van der Waals surface area contributed by atoms with E-state index in [0.29, 0.717) is 12.8 Å². The van der Waals surface area contributed by atoms with Crippen LogP contribution in [0.15, 0.2) is 0 Å². The van der Waals surface area contributed by atoms with Crippen LogP contribution in [-0.2, 0) is 18.4 Å². The van der Waals surface area contributed by atoms with Crippen molar-refractivity contribution >= 4 is 25.0 Å². The smallest absolute Gasteiger partial charge is 0.308 e. The maximum atomic E-state index is 13.1. The van der Waals surface area contributed by atoms with Gasteiger partial charge in [-0.2, -0.15) is 5.26 Å². The number of rotatable bonds is 7. The summed E-state index contributed by atoms with van der Waals surface area (Å²) in [5.74, 6) is -0.158. The number of hydrogen-bond donors (Lipinski definition) is 0. The van der Waals surface area contributed by atoms with E-state index in [-0.39, 0.29) is 25.4 Å². The molecule has 1 rings (SSSR count). The topological polar surface area (TPSA) is 76.4 Å². The first kappa shape index (κ1) is 17.7. The highest BCUT2D eigenvalue weighted by Gasteiger charge is 2.57. The number of Topliss-reactive ketones (excluding diaryl/α,β-unsaturated/α-hetero) is 1. The standard InChI is InChI=1S/C13H21ClNO4P/c1-3-18-20(17,19-4-2)13(9-11(14)10-15)8-6-5-7-12(13)16/h11H,3-9H2,1-2H3. The second-order valence-electron chi connectivity index (χ2n) is 4.80. The molecule has 2 atom stereocenters. The molecule has 1 aliphatic rings. The molecule has 0 aromatic heterocycles. The molecule has 0 radical (unpaired) electrons. The number of halogens is 1. The van der Waals surface area contributed by atoms with Crippen molar-refractivity contribution in [3.8, 4) is 6.07 Å². The summed E-state index contributed by atoms with van der Waals surface area (Å²) < 4.78 is 23.9. The number of ketones is 1. The van der Waals surface area contributed by atoms with Gasteiger partial charge in [0.25, 0.3) is 0 Å². The normalized spacial score (nSPS) is 25.2. The van der Waals surface area contributed by atoms with Gasteiger partial charge in [-0.25, -0.2) is 0 Å². The Hall–Kier alpha value is -0.400. The van der Waals surface area contributed by atoms with E-state index in [2.05, 4.69) is 0 Å². The van der Waals surface area contributed by atoms with E-state index in [1.807, 2.05) is 6.07 Å². The van der Waals surface area contributed by atoms with Crippen LogP contribution in [0.3, 0.4) is 0 Å². The van der Waals surface area contributed by atoms with Crippen LogP contribution in [0.5, 0.6) is 0 Å². The molecule has 0 heterocycles. The highest BCUT2D eigenvalue weighted by molar-refractivity contribution is 7.56. The monoisotopic (exact) mass is 321 g/mol. The first-order valence-electron chi connectivity index (χ1n) is 6.92. The molecule has 5 nitrogen and oxygen atoms in total. The first-order valence-corrected chi connectivity index (χ1v) is 8.90. The Kier molecular flexibility index (Phi) is 6.68. The van der Waals surface area contributed by atoms with Crippen molar-refractivity contribution in [1.29, 1.82) is 5.26 Å². The van der Waals surface area contributed by atoms with Crippen LogP contribution in [-0.4, -0.2) is 29.5 Å². The Morgan fingerprint density at radius 2 is 2.00 bits per heavy atom. The SMILES string of the molecule is CCOP(=O)(OCC)C1(CC(Cl)C#N)CCCCC1=O. The van der Waals surface area contributed by atoms with Gasteiger partial charge in [-0.3, -0.25) is 9.36 Å². The van der Waals surface area contributed by atoms with Gasteiger partial charge in [0.05, 0.1) is 19.3 Å². The number of carbonyl (C=O) groups excluding carboxylic acids is 1.